The third-order valence-electron chi connectivity index (χ3n) is 3.42. The van der Waals surface area contributed by atoms with Gasteiger partial charge in [-0.05, 0) is 18.9 Å². The molecule has 1 aliphatic carbocycles. The van der Waals surface area contributed by atoms with Crippen molar-refractivity contribution in [3.8, 4) is 0 Å². The van der Waals surface area contributed by atoms with E-state index >= 15 is 0 Å². The molecule has 86 valence electrons. The summed E-state index contributed by atoms with van der Waals surface area (Å²) in [5, 5.41) is 11.4. The fourth-order valence-electron chi connectivity index (χ4n) is 2.35. The van der Waals surface area contributed by atoms with Crippen LogP contribution in [0.4, 0.5) is 5.69 Å². The number of benzene rings is 1. The first-order valence-electron chi connectivity index (χ1n) is 5.24. The van der Waals surface area contributed by atoms with E-state index in [4.69, 9.17) is 17.3 Å². The van der Waals surface area contributed by atoms with Gasteiger partial charge in [0.25, 0.3) is 5.69 Å². The minimum Gasteiger partial charge on any atom is -0.330 e. The van der Waals surface area contributed by atoms with Gasteiger partial charge in [0.2, 0.25) is 0 Å². The van der Waals surface area contributed by atoms with E-state index in [0.717, 1.165) is 19.3 Å². The maximum atomic E-state index is 11.0. The monoisotopic (exact) mass is 240 g/mol. The van der Waals surface area contributed by atoms with Gasteiger partial charge in [0.05, 0.1) is 15.5 Å². The lowest BCUT2D eigenvalue weighted by Gasteiger charge is -2.41. The second-order valence-corrected chi connectivity index (χ2v) is 4.64. The summed E-state index contributed by atoms with van der Waals surface area (Å²) in [7, 11) is 0. The van der Waals surface area contributed by atoms with Crippen molar-refractivity contribution in [2.75, 3.05) is 6.54 Å². The van der Waals surface area contributed by atoms with E-state index in [1.807, 2.05) is 0 Å². The molecule has 0 saturated heterocycles. The van der Waals surface area contributed by atoms with Gasteiger partial charge in [-0.3, -0.25) is 10.1 Å². The van der Waals surface area contributed by atoms with Crippen molar-refractivity contribution >= 4 is 17.3 Å². The van der Waals surface area contributed by atoms with Crippen LogP contribution in [-0.4, -0.2) is 11.5 Å². The fourth-order valence-corrected chi connectivity index (χ4v) is 2.72. The van der Waals surface area contributed by atoms with Crippen LogP contribution in [0, 0.1) is 10.1 Å². The number of rotatable bonds is 3. The Morgan fingerprint density at radius 1 is 1.50 bits per heavy atom. The molecule has 16 heavy (non-hydrogen) atoms. The highest BCUT2D eigenvalue weighted by atomic mass is 35.5. The Hall–Kier alpha value is -1.13. The summed E-state index contributed by atoms with van der Waals surface area (Å²) < 4.78 is 0. The Morgan fingerprint density at radius 3 is 2.62 bits per heavy atom. The molecule has 1 saturated carbocycles. The molecule has 2 rings (SSSR count). The summed E-state index contributed by atoms with van der Waals surface area (Å²) in [4.78, 5) is 10.6. The normalized spacial score (nSPS) is 17.9. The minimum atomic E-state index is -0.378. The number of halogens is 1. The predicted octanol–water partition coefficient (Wildman–Crippen LogP) is 2.63. The molecule has 1 aromatic rings. The first-order chi connectivity index (χ1) is 7.60. The number of nitro groups is 1. The molecule has 0 radical (unpaired) electrons. The highest BCUT2D eigenvalue weighted by molar-refractivity contribution is 6.31. The molecular weight excluding hydrogens is 228 g/mol. The first-order valence-corrected chi connectivity index (χ1v) is 5.62. The molecule has 0 aromatic heterocycles. The molecule has 1 aromatic carbocycles. The summed E-state index contributed by atoms with van der Waals surface area (Å²) in [5.74, 6) is 0. The lowest BCUT2D eigenvalue weighted by Crippen LogP contribution is -2.42. The smallest absolute Gasteiger partial charge is 0.274 e. The fraction of sp³-hybridized carbons (Fsp3) is 0.455. The van der Waals surface area contributed by atoms with Crippen LogP contribution >= 0.6 is 11.6 Å². The van der Waals surface area contributed by atoms with Gasteiger partial charge in [-0.1, -0.05) is 24.1 Å². The largest absolute Gasteiger partial charge is 0.330 e. The van der Waals surface area contributed by atoms with Crippen LogP contribution in [0.25, 0.3) is 0 Å². The van der Waals surface area contributed by atoms with E-state index in [1.54, 1.807) is 12.1 Å². The van der Waals surface area contributed by atoms with Gasteiger partial charge in [-0.15, -0.1) is 0 Å². The Kier molecular flexibility index (Phi) is 2.86. The van der Waals surface area contributed by atoms with Gasteiger partial charge in [0.1, 0.15) is 0 Å². The Bertz CT molecular complexity index is 424. The Balaban J connectivity index is 2.57. The van der Waals surface area contributed by atoms with E-state index in [1.165, 1.54) is 6.07 Å². The van der Waals surface area contributed by atoms with E-state index < -0.39 is 0 Å². The van der Waals surface area contributed by atoms with Gasteiger partial charge in [-0.2, -0.15) is 0 Å². The standard InChI is InChI=1S/C11H13ClN2O2/c12-8-3-1-4-9(14(15)16)10(8)11(7-13)5-2-6-11/h1,3-4H,2,5-7,13H2. The molecule has 1 fully saturated rings. The summed E-state index contributed by atoms with van der Waals surface area (Å²) in [6.45, 7) is 0.414. The maximum absolute atomic E-state index is 11.0. The Labute approximate surface area is 98.5 Å². The molecule has 5 heteroatoms. The SMILES string of the molecule is NCC1(c2c(Cl)cccc2[N+](=O)[O-])CCC1. The average Bonchev–Trinajstić information content (AvgIpc) is 2.19. The van der Waals surface area contributed by atoms with Crippen LogP contribution in [0.3, 0.4) is 0 Å². The summed E-state index contributed by atoms with van der Waals surface area (Å²) >= 11 is 6.09. The summed E-state index contributed by atoms with van der Waals surface area (Å²) in [6, 6.07) is 4.80. The molecule has 0 bridgehead atoms. The van der Waals surface area contributed by atoms with E-state index in [-0.39, 0.29) is 16.0 Å². The summed E-state index contributed by atoms with van der Waals surface area (Å²) in [5.41, 5.74) is 6.20. The Morgan fingerprint density at radius 2 is 2.19 bits per heavy atom. The highest BCUT2D eigenvalue weighted by Crippen LogP contribution is 2.48. The van der Waals surface area contributed by atoms with Crippen molar-refractivity contribution in [2.24, 2.45) is 5.73 Å². The topological polar surface area (TPSA) is 69.2 Å². The van der Waals surface area contributed by atoms with E-state index in [0.29, 0.717) is 17.1 Å². The van der Waals surface area contributed by atoms with Crippen molar-refractivity contribution in [3.05, 3.63) is 38.9 Å². The first kappa shape index (κ1) is 11.4. The zero-order valence-corrected chi connectivity index (χ0v) is 9.54. The van der Waals surface area contributed by atoms with Crippen LogP contribution in [-0.2, 0) is 5.41 Å². The quantitative estimate of drug-likeness (QED) is 0.652. The lowest BCUT2D eigenvalue weighted by atomic mass is 9.64. The zero-order valence-electron chi connectivity index (χ0n) is 8.78. The second-order valence-electron chi connectivity index (χ2n) is 4.23. The molecule has 0 aliphatic heterocycles. The molecule has 0 spiro atoms. The van der Waals surface area contributed by atoms with Crippen LogP contribution in [0.15, 0.2) is 18.2 Å². The second kappa shape index (κ2) is 4.03. The molecule has 4 nitrogen and oxygen atoms in total. The summed E-state index contributed by atoms with van der Waals surface area (Å²) in [6.07, 6.45) is 2.82. The maximum Gasteiger partial charge on any atom is 0.274 e. The third kappa shape index (κ3) is 1.58. The van der Waals surface area contributed by atoms with E-state index in [2.05, 4.69) is 0 Å². The average molecular weight is 241 g/mol. The molecule has 0 atom stereocenters. The van der Waals surface area contributed by atoms with Crippen molar-refractivity contribution in [3.63, 3.8) is 0 Å². The van der Waals surface area contributed by atoms with Gasteiger partial charge >= 0.3 is 0 Å². The van der Waals surface area contributed by atoms with Crippen molar-refractivity contribution < 1.29 is 4.92 Å². The molecule has 2 N–H and O–H groups in total. The molecular formula is C11H13ClN2O2. The predicted molar refractivity (Wildman–Crippen MR) is 62.7 cm³/mol. The van der Waals surface area contributed by atoms with Crippen molar-refractivity contribution in [2.45, 2.75) is 24.7 Å². The minimum absolute atomic E-state index is 0.0950. The third-order valence-corrected chi connectivity index (χ3v) is 3.74. The van der Waals surface area contributed by atoms with Crippen molar-refractivity contribution in [1.29, 1.82) is 0 Å². The molecule has 1 aliphatic rings. The lowest BCUT2D eigenvalue weighted by molar-refractivity contribution is -0.386. The number of nitro benzene ring substituents is 1. The van der Waals surface area contributed by atoms with Gasteiger partial charge in [-0.25, -0.2) is 0 Å². The zero-order chi connectivity index (χ0) is 11.8. The number of nitrogens with zero attached hydrogens (tertiary/aromatic N) is 1. The van der Waals surface area contributed by atoms with Crippen LogP contribution in [0.1, 0.15) is 24.8 Å². The number of hydrogen-bond acceptors (Lipinski definition) is 3. The highest BCUT2D eigenvalue weighted by Gasteiger charge is 2.43. The van der Waals surface area contributed by atoms with E-state index in [9.17, 15) is 10.1 Å². The number of nitrogens with two attached hydrogens (primary N) is 1. The molecule has 0 amide bonds. The van der Waals surface area contributed by atoms with Crippen LogP contribution < -0.4 is 5.73 Å². The van der Waals surface area contributed by atoms with Crippen molar-refractivity contribution in [1.82, 2.24) is 0 Å². The van der Waals surface area contributed by atoms with Crippen LogP contribution in [0.2, 0.25) is 5.02 Å². The van der Waals surface area contributed by atoms with Gasteiger partial charge < -0.3 is 5.73 Å². The van der Waals surface area contributed by atoms with Gasteiger partial charge in [0.15, 0.2) is 0 Å². The molecule has 0 unspecified atom stereocenters. The molecule has 0 heterocycles. The number of hydrogen-bond donors (Lipinski definition) is 1. The van der Waals surface area contributed by atoms with Crippen LogP contribution in [0.5, 0.6) is 0 Å². The van der Waals surface area contributed by atoms with Gasteiger partial charge in [0, 0.05) is 18.0 Å².